The molecule has 0 aliphatic rings. The van der Waals surface area contributed by atoms with Crippen molar-refractivity contribution in [2.24, 2.45) is 0 Å². The highest BCUT2D eigenvalue weighted by molar-refractivity contribution is 8.07. The standard InChI is InChI=1S/C9H22OP.F2NO4S2/c1-5-11(6-2,7-3)9-8-10-4;1-8(4,5)3-9(2,6)7/h5-9H2,1-4H3;/q+1;-1. The summed E-state index contributed by atoms with van der Waals surface area (Å²) < 4.78 is 65.2. The molecule has 0 amide bonds. The lowest BCUT2D eigenvalue weighted by molar-refractivity contribution is 0.217. The molecule has 20 heavy (non-hydrogen) atoms. The first-order valence-corrected chi connectivity index (χ1v) is 11.1. The van der Waals surface area contributed by atoms with Crippen LogP contribution < -0.4 is 0 Å². The molecule has 0 atom stereocenters. The lowest BCUT2D eigenvalue weighted by Gasteiger charge is -2.22. The number of nitrogens with zero attached hydrogens (tertiary/aromatic N) is 1. The van der Waals surface area contributed by atoms with Gasteiger partial charge in [-0.15, -0.1) is 7.77 Å². The quantitative estimate of drug-likeness (QED) is 0.492. The predicted octanol–water partition coefficient (Wildman–Crippen LogP) is 2.50. The largest absolute Gasteiger partial charge is 0.381 e. The fourth-order valence-corrected chi connectivity index (χ4v) is 5.25. The van der Waals surface area contributed by atoms with Crippen molar-refractivity contribution in [2.45, 2.75) is 20.8 Å². The van der Waals surface area contributed by atoms with Crippen LogP contribution in [-0.2, 0) is 25.6 Å². The molecule has 0 aliphatic heterocycles. The molecule has 124 valence electrons. The van der Waals surface area contributed by atoms with Crippen molar-refractivity contribution in [3.8, 4) is 0 Å². The van der Waals surface area contributed by atoms with E-state index in [9.17, 15) is 24.6 Å². The maximum absolute atomic E-state index is 11.1. The molecular weight excluding hydrogens is 335 g/mol. The Morgan fingerprint density at radius 2 is 1.30 bits per heavy atom. The van der Waals surface area contributed by atoms with E-state index in [2.05, 4.69) is 20.8 Å². The average Bonchev–Trinajstić information content (AvgIpc) is 2.28. The molecule has 0 unspecified atom stereocenters. The Balaban J connectivity index is 0. The van der Waals surface area contributed by atoms with Gasteiger partial charge in [0.1, 0.15) is 0 Å². The van der Waals surface area contributed by atoms with E-state index in [0.29, 0.717) is 0 Å². The van der Waals surface area contributed by atoms with Crippen LogP contribution in [0.25, 0.3) is 4.13 Å². The first-order chi connectivity index (χ1) is 8.95. The number of hydrogen-bond donors (Lipinski definition) is 0. The van der Waals surface area contributed by atoms with Crippen LogP contribution >= 0.6 is 7.26 Å². The lowest BCUT2D eigenvalue weighted by Crippen LogP contribution is -2.11. The Labute approximate surface area is 121 Å². The van der Waals surface area contributed by atoms with Gasteiger partial charge in [0, 0.05) is 14.4 Å². The fraction of sp³-hybridized carbons (Fsp3) is 1.00. The summed E-state index contributed by atoms with van der Waals surface area (Å²) in [4.78, 5) is 0. The molecule has 0 N–H and O–H groups in total. The molecule has 0 saturated heterocycles. The highest BCUT2D eigenvalue weighted by atomic mass is 32.3. The van der Waals surface area contributed by atoms with Gasteiger partial charge in [-0.3, -0.25) is 0 Å². The van der Waals surface area contributed by atoms with Crippen LogP contribution in [0.15, 0.2) is 0 Å². The number of rotatable bonds is 8. The van der Waals surface area contributed by atoms with E-state index in [0.717, 1.165) is 10.7 Å². The molecule has 0 aliphatic carbocycles. The van der Waals surface area contributed by atoms with Gasteiger partial charge in [0.05, 0.1) is 31.3 Å². The number of halogens is 2. The molecule has 0 saturated carbocycles. The second-order valence-electron chi connectivity index (χ2n) is 3.91. The summed E-state index contributed by atoms with van der Waals surface area (Å²) in [5.74, 6) is 0. The van der Waals surface area contributed by atoms with Crippen molar-refractivity contribution in [1.29, 1.82) is 0 Å². The second-order valence-corrected chi connectivity index (χ2v) is 11.2. The van der Waals surface area contributed by atoms with Gasteiger partial charge in [0.25, 0.3) is 0 Å². The third-order valence-electron chi connectivity index (χ3n) is 2.96. The first kappa shape index (κ1) is 22.4. The number of ether oxygens (including phenoxy) is 1. The monoisotopic (exact) mass is 357 g/mol. The normalized spacial score (nSPS) is 12.7. The summed E-state index contributed by atoms with van der Waals surface area (Å²) in [6, 6.07) is 0. The summed E-state index contributed by atoms with van der Waals surface area (Å²) in [6.45, 7) is 7.95. The second kappa shape index (κ2) is 9.94. The molecule has 0 aromatic heterocycles. The van der Waals surface area contributed by atoms with Crippen LogP contribution in [-0.4, -0.2) is 55.2 Å². The predicted molar refractivity (Wildman–Crippen MR) is 78.7 cm³/mol. The molecule has 11 heteroatoms. The highest BCUT2D eigenvalue weighted by Gasteiger charge is 2.29. The summed E-state index contributed by atoms with van der Waals surface area (Å²) in [5.41, 5.74) is 0. The molecule has 0 aromatic carbocycles. The zero-order valence-corrected chi connectivity index (χ0v) is 14.6. The Kier molecular flexibility index (Phi) is 11.1. The van der Waals surface area contributed by atoms with Gasteiger partial charge in [-0.05, 0) is 20.8 Å². The lowest BCUT2D eigenvalue weighted by atomic mass is 10.8. The van der Waals surface area contributed by atoms with E-state index in [1.54, 1.807) is 7.11 Å². The van der Waals surface area contributed by atoms with Crippen LogP contribution in [0.3, 0.4) is 0 Å². The van der Waals surface area contributed by atoms with Crippen molar-refractivity contribution in [3.63, 3.8) is 0 Å². The van der Waals surface area contributed by atoms with Gasteiger partial charge in [-0.1, -0.05) is 0 Å². The van der Waals surface area contributed by atoms with Gasteiger partial charge in [0.15, 0.2) is 0 Å². The Morgan fingerprint density at radius 3 is 1.45 bits per heavy atom. The molecule has 0 fully saturated rings. The molecule has 0 heterocycles. The molecule has 0 aromatic rings. The maximum Gasteiger partial charge on any atom is 0.241 e. The Bertz CT molecular complexity index is 413. The molecule has 6 nitrogen and oxygen atoms in total. The summed E-state index contributed by atoms with van der Waals surface area (Å²) >= 11 is 0. The smallest absolute Gasteiger partial charge is 0.241 e. The van der Waals surface area contributed by atoms with Gasteiger partial charge >= 0.3 is 0 Å². The molecule has 0 bridgehead atoms. The summed E-state index contributed by atoms with van der Waals surface area (Å²) in [7, 11) is -10.0. The van der Waals surface area contributed by atoms with Gasteiger partial charge in [0.2, 0.25) is 20.8 Å². The minimum absolute atomic E-state index is 0.580. The Morgan fingerprint density at radius 1 is 0.950 bits per heavy atom. The van der Waals surface area contributed by atoms with Crippen LogP contribution in [0.4, 0.5) is 7.77 Å². The van der Waals surface area contributed by atoms with Crippen LogP contribution in [0.2, 0.25) is 0 Å². The summed E-state index contributed by atoms with van der Waals surface area (Å²) in [5, 5.41) is 0. The molecule has 0 radical (unpaired) electrons. The summed E-state index contributed by atoms with van der Waals surface area (Å²) in [6.07, 6.45) is 5.50. The van der Waals surface area contributed by atoms with Crippen LogP contribution in [0, 0.1) is 0 Å². The topological polar surface area (TPSA) is 91.6 Å². The van der Waals surface area contributed by atoms with E-state index in [4.69, 9.17) is 4.74 Å². The van der Waals surface area contributed by atoms with Crippen molar-refractivity contribution in [1.82, 2.24) is 0 Å². The number of hydrogen-bond acceptors (Lipinski definition) is 5. The molecular formula is C9H22F2NO5PS2. The highest BCUT2D eigenvalue weighted by Crippen LogP contribution is 2.57. The third kappa shape index (κ3) is 13.1. The van der Waals surface area contributed by atoms with E-state index in [1.165, 1.54) is 24.6 Å². The van der Waals surface area contributed by atoms with E-state index in [1.807, 2.05) is 0 Å². The molecule has 0 spiro atoms. The van der Waals surface area contributed by atoms with Crippen molar-refractivity contribution >= 4 is 28.1 Å². The Hall–Kier alpha value is 0.110. The molecule has 0 rings (SSSR count). The SMILES string of the molecule is CC[P+](CC)(CC)CCOC.O=S(=O)(F)[N-]S(=O)(=O)F. The minimum atomic E-state index is -5.62. The van der Waals surface area contributed by atoms with Gasteiger partial charge < -0.3 is 8.86 Å². The maximum atomic E-state index is 11.1. The fourth-order valence-electron chi connectivity index (χ4n) is 1.54. The number of methoxy groups -OCH3 is 1. The van der Waals surface area contributed by atoms with E-state index in [-0.39, 0.29) is 0 Å². The van der Waals surface area contributed by atoms with Crippen molar-refractivity contribution in [2.75, 3.05) is 38.4 Å². The van der Waals surface area contributed by atoms with Crippen molar-refractivity contribution in [3.05, 3.63) is 4.13 Å². The average molecular weight is 357 g/mol. The minimum Gasteiger partial charge on any atom is -0.381 e. The van der Waals surface area contributed by atoms with Gasteiger partial charge in [-0.25, -0.2) is 16.8 Å². The van der Waals surface area contributed by atoms with Crippen LogP contribution in [0.5, 0.6) is 0 Å². The third-order valence-corrected chi connectivity index (χ3v) is 9.54. The van der Waals surface area contributed by atoms with Crippen LogP contribution in [0.1, 0.15) is 20.8 Å². The zero-order valence-electron chi connectivity index (χ0n) is 12.0. The van der Waals surface area contributed by atoms with E-state index < -0.39 is 28.1 Å². The zero-order chi connectivity index (χ0) is 16.4. The van der Waals surface area contributed by atoms with E-state index >= 15 is 0 Å². The van der Waals surface area contributed by atoms with Gasteiger partial charge in [-0.2, -0.15) is 0 Å². The first-order valence-electron chi connectivity index (χ1n) is 5.92. The van der Waals surface area contributed by atoms with Crippen molar-refractivity contribution < 1.29 is 29.3 Å².